The maximum atomic E-state index is 11.5. The summed E-state index contributed by atoms with van der Waals surface area (Å²) in [5.74, 6) is 1.91. The number of hydrogen-bond donors (Lipinski definition) is 2. The van der Waals surface area contributed by atoms with E-state index in [0.717, 1.165) is 25.7 Å². The van der Waals surface area contributed by atoms with Crippen molar-refractivity contribution >= 4 is 5.91 Å². The third-order valence-corrected chi connectivity index (χ3v) is 3.79. The van der Waals surface area contributed by atoms with Gasteiger partial charge in [-0.1, -0.05) is 0 Å². The molecule has 3 N–H and O–H groups in total. The molecule has 2 unspecified atom stereocenters. The highest BCUT2D eigenvalue weighted by Crippen LogP contribution is 2.42. The van der Waals surface area contributed by atoms with Crippen molar-refractivity contribution in [2.45, 2.75) is 38.1 Å². The van der Waals surface area contributed by atoms with E-state index >= 15 is 0 Å². The average molecular weight is 196 g/mol. The van der Waals surface area contributed by atoms with Crippen molar-refractivity contribution in [2.75, 3.05) is 7.05 Å². The molecule has 0 spiro atoms. The second-order valence-electron chi connectivity index (χ2n) is 4.98. The molecular formula is C11H20N2O. The van der Waals surface area contributed by atoms with Gasteiger partial charge in [-0.2, -0.15) is 0 Å². The van der Waals surface area contributed by atoms with Crippen molar-refractivity contribution in [3.05, 3.63) is 0 Å². The smallest absolute Gasteiger partial charge is 0.222 e. The highest BCUT2D eigenvalue weighted by atomic mass is 16.1. The van der Waals surface area contributed by atoms with Crippen LogP contribution in [0.25, 0.3) is 0 Å². The second-order valence-corrected chi connectivity index (χ2v) is 4.98. The zero-order valence-electron chi connectivity index (χ0n) is 8.83. The Balaban J connectivity index is 1.98. The summed E-state index contributed by atoms with van der Waals surface area (Å²) in [7, 11) is 1.73. The van der Waals surface area contributed by atoms with E-state index in [2.05, 4.69) is 5.32 Å². The lowest BCUT2D eigenvalue weighted by Crippen LogP contribution is -2.41. The fourth-order valence-corrected chi connectivity index (χ4v) is 3.32. The van der Waals surface area contributed by atoms with Crippen LogP contribution in [0.3, 0.4) is 0 Å². The maximum Gasteiger partial charge on any atom is 0.222 e. The van der Waals surface area contributed by atoms with Crippen LogP contribution in [-0.4, -0.2) is 19.0 Å². The minimum Gasteiger partial charge on any atom is -0.359 e. The Kier molecular flexibility index (Phi) is 2.77. The molecule has 80 valence electrons. The normalized spacial score (nSPS) is 41.9. The van der Waals surface area contributed by atoms with E-state index in [-0.39, 0.29) is 11.8 Å². The predicted octanol–water partition coefficient (Wildman–Crippen LogP) is 0.886. The molecule has 0 aromatic rings. The number of nitrogens with two attached hydrogens (primary N) is 1. The molecule has 0 aromatic heterocycles. The van der Waals surface area contributed by atoms with Crippen molar-refractivity contribution in [2.24, 2.45) is 23.5 Å². The Bertz CT molecular complexity index is 211. The van der Waals surface area contributed by atoms with Crippen LogP contribution in [0.2, 0.25) is 0 Å². The molecule has 2 atom stereocenters. The Morgan fingerprint density at radius 1 is 1.14 bits per heavy atom. The quantitative estimate of drug-likeness (QED) is 0.654. The van der Waals surface area contributed by atoms with Crippen molar-refractivity contribution in [3.8, 4) is 0 Å². The molecule has 0 radical (unpaired) electrons. The first kappa shape index (κ1) is 9.97. The first-order valence-corrected chi connectivity index (χ1v) is 5.66. The molecule has 0 aliphatic heterocycles. The fourth-order valence-electron chi connectivity index (χ4n) is 3.32. The molecule has 14 heavy (non-hydrogen) atoms. The Labute approximate surface area is 85.4 Å². The highest BCUT2D eigenvalue weighted by Gasteiger charge is 2.37. The molecule has 2 rings (SSSR count). The lowest BCUT2D eigenvalue weighted by Gasteiger charge is -2.40. The molecule has 2 aliphatic carbocycles. The summed E-state index contributed by atoms with van der Waals surface area (Å²) in [6.07, 6.45) is 5.68. The van der Waals surface area contributed by atoms with E-state index < -0.39 is 0 Å². The molecule has 0 aromatic carbocycles. The molecule has 0 saturated heterocycles. The lowest BCUT2D eigenvalue weighted by atomic mass is 9.66. The van der Waals surface area contributed by atoms with Crippen LogP contribution in [0.5, 0.6) is 0 Å². The van der Waals surface area contributed by atoms with E-state index in [1.807, 2.05) is 0 Å². The Hall–Kier alpha value is -0.570. The first-order valence-electron chi connectivity index (χ1n) is 5.66. The highest BCUT2D eigenvalue weighted by molar-refractivity contribution is 5.78. The molecule has 3 nitrogen and oxygen atoms in total. The van der Waals surface area contributed by atoms with Gasteiger partial charge >= 0.3 is 0 Å². The van der Waals surface area contributed by atoms with Crippen molar-refractivity contribution in [1.82, 2.24) is 5.32 Å². The summed E-state index contributed by atoms with van der Waals surface area (Å²) in [4.78, 5) is 11.5. The Morgan fingerprint density at radius 3 is 2.21 bits per heavy atom. The van der Waals surface area contributed by atoms with Crippen LogP contribution in [0.15, 0.2) is 0 Å². The second kappa shape index (κ2) is 3.89. The molecule has 2 bridgehead atoms. The number of nitrogens with one attached hydrogen (secondary N) is 1. The number of carbonyl (C=O) groups excluding carboxylic acids is 1. The van der Waals surface area contributed by atoms with E-state index in [9.17, 15) is 4.79 Å². The SMILES string of the molecule is CNC(=O)C1CC2CC(N)CC(C2)C1. The largest absolute Gasteiger partial charge is 0.359 e. The van der Waals surface area contributed by atoms with E-state index in [0.29, 0.717) is 17.9 Å². The fraction of sp³-hybridized carbons (Fsp3) is 0.909. The van der Waals surface area contributed by atoms with Crippen LogP contribution >= 0.6 is 0 Å². The van der Waals surface area contributed by atoms with Crippen molar-refractivity contribution < 1.29 is 4.79 Å². The summed E-state index contributed by atoms with van der Waals surface area (Å²) in [6, 6.07) is 0.393. The number of hydrogen-bond acceptors (Lipinski definition) is 2. The third-order valence-electron chi connectivity index (χ3n) is 3.79. The standard InChI is InChI=1S/C11H20N2O/c1-13-11(14)9-3-7-2-8(4-9)6-10(12)5-7/h7-10H,2-6,12H2,1H3,(H,13,14). The minimum absolute atomic E-state index is 0.232. The summed E-state index contributed by atoms with van der Waals surface area (Å²) < 4.78 is 0. The van der Waals surface area contributed by atoms with Crippen LogP contribution in [0.4, 0.5) is 0 Å². The number of fused-ring (bicyclic) bond motifs is 2. The molecule has 2 fully saturated rings. The topological polar surface area (TPSA) is 55.1 Å². The van der Waals surface area contributed by atoms with E-state index in [4.69, 9.17) is 5.73 Å². The molecule has 2 aliphatic rings. The summed E-state index contributed by atoms with van der Waals surface area (Å²) >= 11 is 0. The molecule has 3 heteroatoms. The van der Waals surface area contributed by atoms with Gasteiger partial charge in [-0.15, -0.1) is 0 Å². The summed E-state index contributed by atoms with van der Waals surface area (Å²) in [6.45, 7) is 0. The van der Waals surface area contributed by atoms with Crippen LogP contribution in [-0.2, 0) is 4.79 Å². The van der Waals surface area contributed by atoms with Gasteiger partial charge in [-0.3, -0.25) is 4.79 Å². The van der Waals surface area contributed by atoms with Gasteiger partial charge in [-0.05, 0) is 43.9 Å². The van der Waals surface area contributed by atoms with E-state index in [1.54, 1.807) is 7.05 Å². The van der Waals surface area contributed by atoms with Crippen LogP contribution in [0.1, 0.15) is 32.1 Å². The molecule has 0 heterocycles. The van der Waals surface area contributed by atoms with Gasteiger partial charge in [-0.25, -0.2) is 0 Å². The van der Waals surface area contributed by atoms with Gasteiger partial charge in [0.1, 0.15) is 0 Å². The third kappa shape index (κ3) is 1.92. The van der Waals surface area contributed by atoms with E-state index in [1.165, 1.54) is 6.42 Å². The van der Waals surface area contributed by atoms with Gasteiger partial charge in [0.25, 0.3) is 0 Å². The summed E-state index contributed by atoms with van der Waals surface area (Å²) in [5.41, 5.74) is 5.98. The van der Waals surface area contributed by atoms with Crippen molar-refractivity contribution in [3.63, 3.8) is 0 Å². The van der Waals surface area contributed by atoms with Gasteiger partial charge in [0.2, 0.25) is 5.91 Å². The maximum absolute atomic E-state index is 11.5. The average Bonchev–Trinajstić information content (AvgIpc) is 2.14. The van der Waals surface area contributed by atoms with Gasteiger partial charge in [0.05, 0.1) is 0 Å². The molecule has 1 amide bonds. The lowest BCUT2D eigenvalue weighted by molar-refractivity contribution is -0.127. The van der Waals surface area contributed by atoms with Gasteiger partial charge in [0.15, 0.2) is 0 Å². The van der Waals surface area contributed by atoms with Crippen molar-refractivity contribution in [1.29, 1.82) is 0 Å². The van der Waals surface area contributed by atoms with Crippen LogP contribution in [0, 0.1) is 17.8 Å². The zero-order chi connectivity index (χ0) is 10.1. The summed E-state index contributed by atoms with van der Waals surface area (Å²) in [5, 5.41) is 2.77. The first-order chi connectivity index (χ1) is 6.69. The number of carbonyl (C=O) groups is 1. The van der Waals surface area contributed by atoms with Gasteiger partial charge < -0.3 is 11.1 Å². The molecule has 2 saturated carbocycles. The number of amides is 1. The Morgan fingerprint density at radius 2 is 1.71 bits per heavy atom. The number of rotatable bonds is 1. The minimum atomic E-state index is 0.232. The monoisotopic (exact) mass is 196 g/mol. The molecular weight excluding hydrogens is 176 g/mol. The zero-order valence-corrected chi connectivity index (χ0v) is 8.83. The predicted molar refractivity (Wildman–Crippen MR) is 55.6 cm³/mol. The van der Waals surface area contributed by atoms with Gasteiger partial charge in [0, 0.05) is 19.0 Å². The van der Waals surface area contributed by atoms with Crippen LogP contribution < -0.4 is 11.1 Å².